The molecule has 2 aromatic carbocycles. The van der Waals surface area contributed by atoms with E-state index >= 15 is 0 Å². The van der Waals surface area contributed by atoms with Gasteiger partial charge >= 0.3 is 22.3 Å². The summed E-state index contributed by atoms with van der Waals surface area (Å²) in [5, 5.41) is 9.36. The number of hydrogen-bond acceptors (Lipinski definition) is 7. The second-order valence-corrected chi connectivity index (χ2v) is 6.92. The number of anilines is 1. The van der Waals surface area contributed by atoms with Crippen LogP contribution in [0.1, 0.15) is 17.5 Å². The molecular weight excluding hydrogens is 390 g/mol. The lowest BCUT2D eigenvalue weighted by molar-refractivity contribution is -0.152. The van der Waals surface area contributed by atoms with E-state index in [0.717, 1.165) is 5.56 Å². The van der Waals surface area contributed by atoms with Crippen LogP contribution in [-0.4, -0.2) is 30.0 Å². The first-order valence-corrected chi connectivity index (χ1v) is 9.52. The molecule has 150 valence electrons. The normalized spacial score (nSPS) is 12.2. The molecular formula is C18H19NO8S. The second kappa shape index (κ2) is 9.83. The lowest BCUT2D eigenvalue weighted by atomic mass is 9.96. The summed E-state index contributed by atoms with van der Waals surface area (Å²) in [6.45, 7) is 0.0696. The molecule has 9 nitrogen and oxygen atoms in total. The number of nitrogens with one attached hydrogen (secondary N) is 1. The highest BCUT2D eigenvalue weighted by Gasteiger charge is 2.22. The second-order valence-electron chi connectivity index (χ2n) is 5.90. The summed E-state index contributed by atoms with van der Waals surface area (Å²) in [4.78, 5) is 23.4. The van der Waals surface area contributed by atoms with E-state index in [-0.39, 0.29) is 25.1 Å². The summed E-state index contributed by atoms with van der Waals surface area (Å²) in [5.74, 6) is -2.72. The number of aliphatic carboxylic acids is 1. The summed E-state index contributed by atoms with van der Waals surface area (Å²) in [5.41, 5.74) is 3.67. The molecule has 0 aliphatic carbocycles. The number of carboxylic acid groups (broad SMARTS) is 1. The first-order valence-electron chi connectivity index (χ1n) is 8.16. The number of carboxylic acids is 1. The molecule has 0 spiro atoms. The van der Waals surface area contributed by atoms with Crippen LogP contribution in [0.2, 0.25) is 0 Å². The van der Waals surface area contributed by atoms with Gasteiger partial charge in [0.25, 0.3) is 0 Å². The Morgan fingerprint density at radius 1 is 1.00 bits per heavy atom. The summed E-state index contributed by atoms with van der Waals surface area (Å²) in [7, 11) is -4.64. The van der Waals surface area contributed by atoms with Crippen LogP contribution in [0.15, 0.2) is 54.6 Å². The molecule has 1 atom stereocenters. The molecule has 2 rings (SSSR count). The van der Waals surface area contributed by atoms with Crippen molar-refractivity contribution in [2.45, 2.75) is 19.4 Å². The van der Waals surface area contributed by atoms with Crippen LogP contribution in [-0.2, 0) is 42.0 Å². The maximum Gasteiger partial charge on any atom is 0.418 e. The molecule has 0 bridgehead atoms. The Kier molecular flexibility index (Phi) is 7.50. The number of carbonyl (C=O) groups excluding carboxylic acids is 1. The van der Waals surface area contributed by atoms with Crippen molar-refractivity contribution in [2.24, 2.45) is 5.92 Å². The van der Waals surface area contributed by atoms with Crippen molar-refractivity contribution in [3.63, 3.8) is 0 Å². The fourth-order valence-corrected chi connectivity index (χ4v) is 2.54. The number of hydrogen-bond donors (Lipinski definition) is 3. The zero-order chi connectivity index (χ0) is 20.6. The summed E-state index contributed by atoms with van der Waals surface area (Å²) in [6.07, 6.45) is -0.205. The Bertz CT molecular complexity index is 897. The minimum atomic E-state index is -4.64. The maximum atomic E-state index is 12.0. The van der Waals surface area contributed by atoms with Gasteiger partial charge in [0.15, 0.2) is 0 Å². The Morgan fingerprint density at radius 2 is 1.64 bits per heavy atom. The van der Waals surface area contributed by atoms with Crippen molar-refractivity contribution >= 4 is 28.0 Å². The minimum absolute atomic E-state index is 0.0696. The Morgan fingerprint density at radius 3 is 2.21 bits per heavy atom. The highest BCUT2D eigenvalue weighted by molar-refractivity contribution is 7.80. The zero-order valence-electron chi connectivity index (χ0n) is 14.6. The molecule has 0 aromatic heterocycles. The third-order valence-corrected chi connectivity index (χ3v) is 4.00. The van der Waals surface area contributed by atoms with Crippen molar-refractivity contribution in [3.05, 3.63) is 65.7 Å². The number of rotatable bonds is 10. The van der Waals surface area contributed by atoms with Gasteiger partial charge in [-0.05, 0) is 29.7 Å². The summed E-state index contributed by atoms with van der Waals surface area (Å²) in [6, 6.07) is 15.0. The number of ether oxygens (including phenoxy) is 1. The fourth-order valence-electron chi connectivity index (χ4n) is 2.34. The van der Waals surface area contributed by atoms with Crippen molar-refractivity contribution in [3.8, 4) is 0 Å². The predicted octanol–water partition coefficient (Wildman–Crippen LogP) is 2.21. The topological polar surface area (TPSA) is 139 Å². The van der Waals surface area contributed by atoms with Gasteiger partial charge in [0, 0.05) is 0 Å². The molecule has 0 aliphatic heterocycles. The highest BCUT2D eigenvalue weighted by Crippen LogP contribution is 2.17. The highest BCUT2D eigenvalue weighted by atomic mass is 32.3. The lowest BCUT2D eigenvalue weighted by Crippen LogP contribution is -2.21. The van der Waals surface area contributed by atoms with Gasteiger partial charge in [-0.25, -0.2) is 5.48 Å². The first kappa shape index (κ1) is 21.4. The van der Waals surface area contributed by atoms with Crippen LogP contribution < -0.4 is 5.48 Å². The average Bonchev–Trinajstić information content (AvgIpc) is 2.65. The van der Waals surface area contributed by atoms with E-state index in [1.807, 2.05) is 23.7 Å². The van der Waals surface area contributed by atoms with E-state index in [1.165, 1.54) is 12.1 Å². The largest absolute Gasteiger partial charge is 0.481 e. The van der Waals surface area contributed by atoms with Gasteiger partial charge in [-0.2, -0.15) is 8.42 Å². The van der Waals surface area contributed by atoms with E-state index in [9.17, 15) is 23.1 Å². The first-order chi connectivity index (χ1) is 13.2. The molecule has 0 fully saturated rings. The quantitative estimate of drug-likeness (QED) is 0.306. The van der Waals surface area contributed by atoms with Gasteiger partial charge < -0.3 is 9.84 Å². The van der Waals surface area contributed by atoms with Gasteiger partial charge in [0.1, 0.15) is 6.61 Å². The minimum Gasteiger partial charge on any atom is -0.481 e. The Hall–Kier alpha value is -2.95. The van der Waals surface area contributed by atoms with Crippen molar-refractivity contribution in [1.29, 1.82) is 0 Å². The van der Waals surface area contributed by atoms with Crippen LogP contribution in [0, 0.1) is 5.92 Å². The van der Waals surface area contributed by atoms with Gasteiger partial charge in [0.2, 0.25) is 0 Å². The molecule has 0 aliphatic rings. The van der Waals surface area contributed by atoms with E-state index < -0.39 is 28.3 Å². The molecule has 3 N–H and O–H groups in total. The molecule has 0 saturated carbocycles. The smallest absolute Gasteiger partial charge is 0.418 e. The van der Waals surface area contributed by atoms with Gasteiger partial charge in [-0.15, -0.1) is 4.28 Å². The summed E-state index contributed by atoms with van der Waals surface area (Å²) < 4.78 is 38.6. The molecule has 28 heavy (non-hydrogen) atoms. The van der Waals surface area contributed by atoms with Crippen molar-refractivity contribution in [1.82, 2.24) is 0 Å². The molecule has 0 saturated heterocycles. The number of esters is 1. The van der Waals surface area contributed by atoms with Crippen LogP contribution in [0.3, 0.4) is 0 Å². The molecule has 1 unspecified atom stereocenters. The summed E-state index contributed by atoms with van der Waals surface area (Å²) >= 11 is 0. The number of benzene rings is 2. The molecule has 0 heterocycles. The third-order valence-electron chi connectivity index (χ3n) is 3.71. The third kappa shape index (κ3) is 7.74. The van der Waals surface area contributed by atoms with Crippen LogP contribution >= 0.6 is 0 Å². The maximum absolute atomic E-state index is 12.0. The SMILES string of the molecule is O=C(CC(Cc1ccc(NOS(=O)(=O)O)cc1)C(=O)O)OCc1ccccc1. The standard InChI is InChI=1S/C18H19NO8S/c20-17(26-12-14-4-2-1-3-5-14)11-15(18(21)22)10-13-6-8-16(9-7-13)19-27-28(23,24)25/h1-9,15,19H,10-12H2,(H,21,22)(H,23,24,25). The van der Waals surface area contributed by atoms with E-state index in [4.69, 9.17) is 9.29 Å². The Labute approximate surface area is 161 Å². The molecule has 0 amide bonds. The van der Waals surface area contributed by atoms with Gasteiger partial charge in [0.05, 0.1) is 18.0 Å². The fraction of sp³-hybridized carbons (Fsp3) is 0.222. The van der Waals surface area contributed by atoms with Crippen molar-refractivity contribution in [2.75, 3.05) is 5.48 Å². The molecule has 2 aromatic rings. The monoisotopic (exact) mass is 409 g/mol. The van der Waals surface area contributed by atoms with E-state index in [1.54, 1.807) is 24.3 Å². The average molecular weight is 409 g/mol. The van der Waals surface area contributed by atoms with Gasteiger partial charge in [-0.1, -0.05) is 42.5 Å². The van der Waals surface area contributed by atoms with Crippen LogP contribution in [0.4, 0.5) is 5.69 Å². The molecule has 0 radical (unpaired) electrons. The molecule has 10 heteroatoms. The lowest BCUT2D eigenvalue weighted by Gasteiger charge is -2.13. The Balaban J connectivity index is 1.89. The van der Waals surface area contributed by atoms with Crippen LogP contribution in [0.25, 0.3) is 0 Å². The van der Waals surface area contributed by atoms with E-state index in [2.05, 4.69) is 4.28 Å². The zero-order valence-corrected chi connectivity index (χ0v) is 15.5. The van der Waals surface area contributed by atoms with Gasteiger partial charge in [-0.3, -0.25) is 14.1 Å². The van der Waals surface area contributed by atoms with Crippen molar-refractivity contribution < 1.29 is 36.7 Å². The van der Waals surface area contributed by atoms with E-state index in [0.29, 0.717) is 5.56 Å². The van der Waals surface area contributed by atoms with Crippen LogP contribution in [0.5, 0.6) is 0 Å². The predicted molar refractivity (Wildman–Crippen MR) is 98.4 cm³/mol. The number of carbonyl (C=O) groups is 2.